The number of Topliss-reactive ketones (excluding diaryl/α,β-unsaturated/α-hetero) is 1. The third-order valence-electron chi connectivity index (χ3n) is 6.56. The Kier molecular flexibility index (Phi) is 7.31. The minimum atomic E-state index is -1.18. The van der Waals surface area contributed by atoms with E-state index in [1.54, 1.807) is 4.90 Å². The van der Waals surface area contributed by atoms with Crippen LogP contribution in [-0.4, -0.2) is 46.9 Å². The van der Waals surface area contributed by atoms with Crippen LogP contribution >= 0.6 is 0 Å². The number of benzene rings is 1. The number of hydrogen-bond acceptors (Lipinski definition) is 4. The Morgan fingerprint density at radius 2 is 1.75 bits per heavy atom. The summed E-state index contributed by atoms with van der Waals surface area (Å²) in [4.78, 5) is 42.5. The highest BCUT2D eigenvalue weighted by Gasteiger charge is 2.57. The van der Waals surface area contributed by atoms with E-state index in [4.69, 9.17) is 4.74 Å². The molecule has 0 spiro atoms. The minimum absolute atomic E-state index is 0.0731. The molecule has 2 aliphatic rings. The van der Waals surface area contributed by atoms with Crippen LogP contribution in [0.5, 0.6) is 0 Å². The summed E-state index contributed by atoms with van der Waals surface area (Å²) in [5.74, 6) is -0.542. The summed E-state index contributed by atoms with van der Waals surface area (Å²) in [6.07, 6.45) is 3.90. The van der Waals surface area contributed by atoms with Gasteiger partial charge in [0.25, 0.3) is 0 Å². The second-order valence-corrected chi connectivity index (χ2v) is 10.5. The van der Waals surface area contributed by atoms with Gasteiger partial charge in [0.05, 0.1) is 6.04 Å². The molecule has 1 aromatic rings. The van der Waals surface area contributed by atoms with Gasteiger partial charge in [-0.1, -0.05) is 43.2 Å². The fraction of sp³-hybridized carbons (Fsp3) is 0.654. The lowest BCUT2D eigenvalue weighted by molar-refractivity contribution is -0.149. The van der Waals surface area contributed by atoms with Gasteiger partial charge in [0, 0.05) is 18.5 Å². The summed E-state index contributed by atoms with van der Waals surface area (Å²) in [7, 11) is 0. The number of hydrogen-bond donors (Lipinski definition) is 1. The molecular weight excluding hydrogens is 404 g/mol. The minimum Gasteiger partial charge on any atom is -0.444 e. The lowest BCUT2D eigenvalue weighted by Crippen LogP contribution is -2.58. The van der Waals surface area contributed by atoms with Crippen LogP contribution in [0.3, 0.4) is 0 Å². The van der Waals surface area contributed by atoms with Crippen molar-refractivity contribution in [3.63, 3.8) is 0 Å². The molecule has 6 nitrogen and oxygen atoms in total. The third-order valence-corrected chi connectivity index (χ3v) is 6.56. The van der Waals surface area contributed by atoms with Crippen molar-refractivity contribution >= 4 is 17.8 Å². The predicted octanol–water partition coefficient (Wildman–Crippen LogP) is 4.82. The Hall–Kier alpha value is -2.37. The first-order valence-corrected chi connectivity index (χ1v) is 12.0. The van der Waals surface area contributed by atoms with Crippen molar-refractivity contribution < 1.29 is 19.1 Å². The Morgan fingerprint density at radius 3 is 2.38 bits per heavy atom. The van der Waals surface area contributed by atoms with Crippen LogP contribution in [0.15, 0.2) is 30.3 Å². The second-order valence-electron chi connectivity index (χ2n) is 10.5. The first-order valence-electron chi connectivity index (χ1n) is 12.0. The summed E-state index contributed by atoms with van der Waals surface area (Å²) < 4.78 is 5.59. The molecule has 2 fully saturated rings. The molecule has 3 rings (SSSR count). The number of carbonyl (C=O) groups is 3. The van der Waals surface area contributed by atoms with Crippen molar-refractivity contribution in [2.24, 2.45) is 5.41 Å². The molecule has 1 N–H and O–H groups in total. The zero-order valence-electron chi connectivity index (χ0n) is 20.1. The molecule has 1 saturated carbocycles. The van der Waals surface area contributed by atoms with Crippen LogP contribution in [0.4, 0.5) is 4.79 Å². The summed E-state index contributed by atoms with van der Waals surface area (Å²) >= 11 is 0. The first-order chi connectivity index (χ1) is 15.1. The van der Waals surface area contributed by atoms with E-state index < -0.39 is 23.2 Å². The van der Waals surface area contributed by atoms with Crippen LogP contribution in [0.25, 0.3) is 0 Å². The fourth-order valence-electron chi connectivity index (χ4n) is 5.25. The van der Waals surface area contributed by atoms with Gasteiger partial charge in [-0.25, -0.2) is 4.79 Å². The maximum Gasteiger partial charge on any atom is 0.410 e. The average molecular weight is 443 g/mol. The van der Waals surface area contributed by atoms with Gasteiger partial charge in [-0.05, 0) is 65.9 Å². The van der Waals surface area contributed by atoms with Gasteiger partial charge >= 0.3 is 6.09 Å². The lowest BCUT2D eigenvalue weighted by atomic mass is 9.59. The number of likely N-dealkylation sites (tertiary alicyclic amines) is 1. The number of nitrogens with zero attached hydrogens (tertiary/aromatic N) is 1. The molecule has 0 bridgehead atoms. The molecule has 0 aromatic heterocycles. The normalized spacial score (nSPS) is 26.1. The molecular formula is C26H38N2O4. The molecule has 1 saturated heterocycles. The molecule has 1 aromatic carbocycles. The summed E-state index contributed by atoms with van der Waals surface area (Å²) in [6.45, 7) is 9.77. The van der Waals surface area contributed by atoms with E-state index in [9.17, 15) is 14.4 Å². The average Bonchev–Trinajstić information content (AvgIpc) is 3.22. The molecule has 1 aliphatic heterocycles. The van der Waals surface area contributed by atoms with Crippen molar-refractivity contribution in [2.45, 2.75) is 96.7 Å². The zero-order valence-corrected chi connectivity index (χ0v) is 20.1. The van der Waals surface area contributed by atoms with E-state index >= 15 is 0 Å². The number of carbonyl (C=O) groups excluding carboxylic acids is 3. The number of rotatable bonds is 5. The second kappa shape index (κ2) is 9.63. The van der Waals surface area contributed by atoms with E-state index in [0.29, 0.717) is 19.4 Å². The van der Waals surface area contributed by atoms with Crippen LogP contribution < -0.4 is 5.32 Å². The lowest BCUT2D eigenvalue weighted by Gasteiger charge is -2.44. The van der Waals surface area contributed by atoms with E-state index in [0.717, 1.165) is 31.2 Å². The van der Waals surface area contributed by atoms with Crippen molar-refractivity contribution in [3.8, 4) is 0 Å². The Bertz CT molecular complexity index is 830. The number of amides is 2. The van der Waals surface area contributed by atoms with Gasteiger partial charge in [-0.3, -0.25) is 14.5 Å². The smallest absolute Gasteiger partial charge is 0.410 e. The zero-order chi connectivity index (χ0) is 23.5. The number of ether oxygens (including phenoxy) is 1. The Balaban J connectivity index is 2.02. The SMILES string of the molecule is CC(C)NC(=O)[C@]1(C(=O)[C@@H]2CCCN2C(=O)OC(C)(C)C)CCCC[C@H]1c1ccccc1. The quantitative estimate of drug-likeness (QED) is 0.663. The summed E-state index contributed by atoms with van der Waals surface area (Å²) in [5, 5.41) is 3.05. The van der Waals surface area contributed by atoms with Crippen molar-refractivity contribution in [3.05, 3.63) is 35.9 Å². The Labute approximate surface area is 192 Å². The topological polar surface area (TPSA) is 75.7 Å². The molecule has 0 radical (unpaired) electrons. The summed E-state index contributed by atoms with van der Waals surface area (Å²) in [6, 6.07) is 9.19. The van der Waals surface area contributed by atoms with Gasteiger partial charge in [0.2, 0.25) is 5.91 Å². The molecule has 0 unspecified atom stereocenters. The monoisotopic (exact) mass is 442 g/mol. The fourth-order valence-corrected chi connectivity index (χ4v) is 5.25. The molecule has 1 aliphatic carbocycles. The molecule has 32 heavy (non-hydrogen) atoms. The molecule has 6 heteroatoms. The van der Waals surface area contributed by atoms with Gasteiger partial charge in [0.15, 0.2) is 5.78 Å². The van der Waals surface area contributed by atoms with Crippen LogP contribution in [0.1, 0.15) is 84.6 Å². The van der Waals surface area contributed by atoms with Crippen LogP contribution in [0.2, 0.25) is 0 Å². The first kappa shape index (κ1) is 24.3. The van der Waals surface area contributed by atoms with E-state index in [2.05, 4.69) is 5.32 Å². The third kappa shape index (κ3) is 5.00. The highest BCUT2D eigenvalue weighted by atomic mass is 16.6. The number of nitrogens with one attached hydrogen (secondary N) is 1. The van der Waals surface area contributed by atoms with Gasteiger partial charge in [-0.15, -0.1) is 0 Å². The van der Waals surface area contributed by atoms with E-state index in [1.165, 1.54) is 0 Å². The maximum atomic E-state index is 14.3. The molecule has 3 atom stereocenters. The Morgan fingerprint density at radius 1 is 1.06 bits per heavy atom. The highest BCUT2D eigenvalue weighted by Crippen LogP contribution is 2.50. The molecule has 176 valence electrons. The largest absolute Gasteiger partial charge is 0.444 e. The standard InChI is InChI=1S/C26H38N2O4/c1-18(2)27-23(30)26(16-10-9-14-20(26)19-12-7-6-8-13-19)22(29)21-15-11-17-28(21)24(31)32-25(3,4)5/h6-8,12-13,18,20-21H,9-11,14-17H2,1-5H3,(H,27,30)/t20-,21-,26+/m0/s1. The maximum absolute atomic E-state index is 14.3. The van der Waals surface area contributed by atoms with E-state index in [1.807, 2.05) is 65.0 Å². The molecule has 2 amide bonds. The highest BCUT2D eigenvalue weighted by molar-refractivity contribution is 6.10. The van der Waals surface area contributed by atoms with E-state index in [-0.39, 0.29) is 23.7 Å². The van der Waals surface area contributed by atoms with Crippen molar-refractivity contribution in [1.29, 1.82) is 0 Å². The summed E-state index contributed by atoms with van der Waals surface area (Å²) in [5.41, 5.74) is -0.808. The van der Waals surface area contributed by atoms with Gasteiger partial charge in [-0.2, -0.15) is 0 Å². The van der Waals surface area contributed by atoms with Crippen molar-refractivity contribution in [2.75, 3.05) is 6.54 Å². The van der Waals surface area contributed by atoms with Crippen LogP contribution in [-0.2, 0) is 14.3 Å². The van der Waals surface area contributed by atoms with Crippen LogP contribution in [0, 0.1) is 5.41 Å². The molecule has 1 heterocycles. The van der Waals surface area contributed by atoms with Gasteiger partial charge in [0.1, 0.15) is 11.0 Å². The number of ketones is 1. The van der Waals surface area contributed by atoms with Crippen molar-refractivity contribution in [1.82, 2.24) is 10.2 Å². The predicted molar refractivity (Wildman–Crippen MR) is 124 cm³/mol. The van der Waals surface area contributed by atoms with Gasteiger partial charge < -0.3 is 10.1 Å².